The molecular weight excluding hydrogens is 554 g/mol. The molecular formula is C27H35BrF2O7. The molecule has 0 bridgehead atoms. The van der Waals surface area contributed by atoms with Crippen LogP contribution in [0.2, 0.25) is 0 Å². The number of fused-ring (bicyclic) bond motifs is 5. The first-order chi connectivity index (χ1) is 16.8. The second-order valence-electron chi connectivity index (χ2n) is 12.7. The van der Waals surface area contributed by atoms with Crippen LogP contribution in [-0.4, -0.2) is 67.6 Å². The van der Waals surface area contributed by atoms with Crippen LogP contribution in [0.25, 0.3) is 0 Å². The van der Waals surface area contributed by atoms with E-state index in [0.29, 0.717) is 0 Å². The van der Waals surface area contributed by atoms with Gasteiger partial charge in [0.15, 0.2) is 17.2 Å². The number of carboxylic acids is 1. The molecule has 4 rings (SSSR count). The van der Waals surface area contributed by atoms with Crippen molar-refractivity contribution in [1.82, 2.24) is 0 Å². The largest absolute Gasteiger partial charge is 0.481 e. The zero-order chi connectivity index (χ0) is 28.1. The minimum atomic E-state index is -2.39. The second kappa shape index (κ2) is 8.50. The van der Waals surface area contributed by atoms with Crippen LogP contribution in [0.3, 0.4) is 0 Å². The lowest BCUT2D eigenvalue weighted by atomic mass is 9.44. The number of hydrogen-bond donors (Lipinski definition) is 4. The summed E-state index contributed by atoms with van der Waals surface area (Å²) < 4.78 is 33.0. The molecule has 4 unspecified atom stereocenters. The average Bonchev–Trinajstić information content (AvgIpc) is 2.98. The predicted octanol–water partition coefficient (Wildman–Crippen LogP) is 3.44. The molecule has 10 atom stereocenters. The van der Waals surface area contributed by atoms with Crippen LogP contribution in [0.15, 0.2) is 22.2 Å². The van der Waals surface area contributed by atoms with Gasteiger partial charge in [0.05, 0.1) is 16.0 Å². The number of allylic oxidation sites excluding steroid dienone is 4. The molecule has 7 nitrogen and oxygen atoms in total. The molecule has 0 saturated heterocycles. The average molecular weight is 589 g/mol. The van der Waals surface area contributed by atoms with Crippen LogP contribution >= 0.6 is 15.9 Å². The van der Waals surface area contributed by atoms with E-state index in [0.717, 1.165) is 6.08 Å². The summed E-state index contributed by atoms with van der Waals surface area (Å²) in [5.74, 6) is -5.27. The molecule has 0 spiro atoms. The zero-order valence-corrected chi connectivity index (χ0v) is 23.2. The van der Waals surface area contributed by atoms with Gasteiger partial charge in [0.1, 0.15) is 17.9 Å². The number of carboxylic acid groups (broad SMARTS) is 1. The Kier molecular flexibility index (Phi) is 6.55. The second-order valence-corrected chi connectivity index (χ2v) is 13.5. The van der Waals surface area contributed by atoms with Crippen LogP contribution in [-0.2, 0) is 14.4 Å². The monoisotopic (exact) mass is 588 g/mol. The third kappa shape index (κ3) is 3.54. The van der Waals surface area contributed by atoms with Gasteiger partial charge in [-0.2, -0.15) is 0 Å². The lowest BCUT2D eigenvalue weighted by Crippen LogP contribution is -2.71. The van der Waals surface area contributed by atoms with Gasteiger partial charge in [-0.05, 0) is 85.9 Å². The van der Waals surface area contributed by atoms with E-state index in [1.165, 1.54) is 26.8 Å². The number of hydrogen-bond acceptors (Lipinski definition) is 6. The highest BCUT2D eigenvalue weighted by molar-refractivity contribution is 9.12. The van der Waals surface area contributed by atoms with E-state index in [1.807, 2.05) is 0 Å². The zero-order valence-electron chi connectivity index (χ0n) is 21.6. The number of rotatable bonds is 5. The van der Waals surface area contributed by atoms with E-state index < -0.39 is 87.6 Å². The van der Waals surface area contributed by atoms with Crippen molar-refractivity contribution in [2.45, 2.75) is 90.0 Å². The summed E-state index contributed by atoms with van der Waals surface area (Å²) in [6, 6.07) is 0. The minimum absolute atomic E-state index is 0.0363. The van der Waals surface area contributed by atoms with Crippen molar-refractivity contribution in [3.63, 3.8) is 0 Å². The van der Waals surface area contributed by atoms with Crippen molar-refractivity contribution in [3.05, 3.63) is 22.2 Å². The van der Waals surface area contributed by atoms with Gasteiger partial charge in [-0.15, -0.1) is 0 Å². The molecule has 4 aliphatic rings. The first-order valence-electron chi connectivity index (χ1n) is 12.6. The highest BCUT2D eigenvalue weighted by atomic mass is 79.9. The fourth-order valence-corrected chi connectivity index (χ4v) is 8.61. The number of ketones is 2. The molecule has 0 aromatic rings. The Labute approximate surface area is 223 Å². The Bertz CT molecular complexity index is 1120. The minimum Gasteiger partial charge on any atom is -0.481 e. The van der Waals surface area contributed by atoms with Gasteiger partial charge in [-0.3, -0.25) is 14.4 Å². The molecule has 37 heavy (non-hydrogen) atoms. The molecule has 0 amide bonds. The Morgan fingerprint density at radius 3 is 2.41 bits per heavy atom. The summed E-state index contributed by atoms with van der Waals surface area (Å²) in [6.07, 6.45) is -3.76. The molecule has 3 saturated carbocycles. The Hall–Kier alpha value is -1.49. The number of carbonyl (C=O) groups is 3. The number of aliphatic carboxylic acids is 1. The van der Waals surface area contributed by atoms with Crippen molar-refractivity contribution in [3.8, 4) is 0 Å². The van der Waals surface area contributed by atoms with Crippen molar-refractivity contribution in [2.24, 2.45) is 34.0 Å². The Morgan fingerprint density at radius 1 is 1.24 bits per heavy atom. The van der Waals surface area contributed by atoms with E-state index in [1.54, 1.807) is 13.8 Å². The molecule has 0 aromatic heterocycles. The molecule has 4 N–H and O–H groups in total. The number of halogens is 3. The lowest BCUT2D eigenvalue weighted by molar-refractivity contribution is -0.225. The van der Waals surface area contributed by atoms with Crippen molar-refractivity contribution >= 4 is 33.5 Å². The van der Waals surface area contributed by atoms with E-state index in [2.05, 4.69) is 15.9 Å². The highest BCUT2D eigenvalue weighted by Crippen LogP contribution is 2.71. The quantitative estimate of drug-likeness (QED) is 0.387. The first kappa shape index (κ1) is 28.5. The summed E-state index contributed by atoms with van der Waals surface area (Å²) in [5.41, 5.74) is -9.12. The topological polar surface area (TPSA) is 132 Å². The molecule has 206 valence electrons. The van der Waals surface area contributed by atoms with Gasteiger partial charge in [0.2, 0.25) is 0 Å². The smallest absolute Gasteiger partial charge is 0.309 e. The molecule has 4 aliphatic carbocycles. The van der Waals surface area contributed by atoms with Crippen LogP contribution in [0.4, 0.5) is 8.78 Å². The van der Waals surface area contributed by atoms with E-state index in [4.69, 9.17) is 0 Å². The fourth-order valence-electron chi connectivity index (χ4n) is 8.04. The summed E-state index contributed by atoms with van der Waals surface area (Å²) in [4.78, 5) is 37.4. The van der Waals surface area contributed by atoms with E-state index >= 15 is 8.78 Å². The Balaban J connectivity index is 1.78. The summed E-state index contributed by atoms with van der Waals surface area (Å²) in [5, 5.41) is 43.6. The summed E-state index contributed by atoms with van der Waals surface area (Å²) in [7, 11) is 0. The molecule has 0 aromatic carbocycles. The van der Waals surface area contributed by atoms with Crippen LogP contribution in [0.1, 0.15) is 60.3 Å². The number of carbonyl (C=O) groups excluding carboxylic acids is 2. The maximum atomic E-state index is 17.3. The van der Waals surface area contributed by atoms with Crippen LogP contribution in [0.5, 0.6) is 0 Å². The van der Waals surface area contributed by atoms with Gasteiger partial charge < -0.3 is 20.4 Å². The highest BCUT2D eigenvalue weighted by Gasteiger charge is 2.77. The van der Waals surface area contributed by atoms with Crippen molar-refractivity contribution < 1.29 is 43.6 Å². The number of alkyl halides is 2. The van der Waals surface area contributed by atoms with Gasteiger partial charge in [0, 0.05) is 16.7 Å². The summed E-state index contributed by atoms with van der Waals surface area (Å²) in [6.45, 7) is 7.34. The standard InChI is InChI=1S/C27H35BrF2O7/c1-12-6-13-14-7-17(29)15-8-18(31)16(28)9-24(15,4)26(14,30)20(33)11-25(13,5)27(12,37)21(34)19(32)10-23(2,3)22(35)36/h8-9,12-14,17,19-20,32-33,37H,6-7,10-11H2,1-5H3,(H,35,36)/t12?,13-,14-,17?,19?,20?,24-,25-,26-,27-/m0/s1. The van der Waals surface area contributed by atoms with Crippen LogP contribution in [0, 0.1) is 34.0 Å². The summed E-state index contributed by atoms with van der Waals surface area (Å²) >= 11 is 3.14. The van der Waals surface area contributed by atoms with Gasteiger partial charge >= 0.3 is 5.97 Å². The van der Waals surface area contributed by atoms with Crippen molar-refractivity contribution in [2.75, 3.05) is 0 Å². The lowest BCUT2D eigenvalue weighted by Gasteiger charge is -2.63. The molecule has 0 radical (unpaired) electrons. The third-order valence-electron chi connectivity index (χ3n) is 10.2. The number of aliphatic hydroxyl groups is 3. The third-order valence-corrected chi connectivity index (χ3v) is 10.8. The van der Waals surface area contributed by atoms with Crippen LogP contribution < -0.4 is 0 Å². The van der Waals surface area contributed by atoms with Gasteiger partial charge in [-0.1, -0.05) is 19.9 Å². The maximum absolute atomic E-state index is 17.3. The van der Waals surface area contributed by atoms with E-state index in [9.17, 15) is 34.8 Å². The molecule has 0 aliphatic heterocycles. The maximum Gasteiger partial charge on any atom is 0.309 e. The van der Waals surface area contributed by atoms with Gasteiger partial charge in [0.25, 0.3) is 0 Å². The Morgan fingerprint density at radius 2 is 1.84 bits per heavy atom. The molecule has 0 heterocycles. The van der Waals surface area contributed by atoms with E-state index in [-0.39, 0.29) is 29.3 Å². The SMILES string of the molecule is CC1C[C@H]2[C@@H]3CC(F)C4=CC(=O)C(Br)=C[C@]4(C)[C@@]3(F)C(O)C[C@]2(C)[C@@]1(O)C(=O)C(O)CC(C)(C)C(=O)O. The van der Waals surface area contributed by atoms with Gasteiger partial charge in [-0.25, -0.2) is 8.78 Å². The molecule has 10 heteroatoms. The predicted molar refractivity (Wildman–Crippen MR) is 133 cm³/mol. The fraction of sp³-hybridized carbons (Fsp3) is 0.741. The number of aliphatic hydroxyl groups excluding tert-OH is 2. The number of Topliss-reactive ketones (excluding diaryl/α,β-unsaturated/α-hetero) is 1. The van der Waals surface area contributed by atoms with Crippen molar-refractivity contribution in [1.29, 1.82) is 0 Å². The first-order valence-corrected chi connectivity index (χ1v) is 13.4. The molecule has 3 fully saturated rings. The normalized spacial score (nSPS) is 46.2.